The molecule has 0 aliphatic rings. The minimum atomic E-state index is -4.14. The lowest BCUT2D eigenvalue weighted by molar-refractivity contribution is -0.139. The summed E-state index contributed by atoms with van der Waals surface area (Å²) in [6.07, 6.45) is 0.725. The van der Waals surface area contributed by atoms with Crippen LogP contribution in [0.25, 0.3) is 0 Å². The molecule has 0 radical (unpaired) electrons. The van der Waals surface area contributed by atoms with Crippen LogP contribution in [0.2, 0.25) is 5.02 Å². The van der Waals surface area contributed by atoms with Crippen molar-refractivity contribution >= 4 is 39.1 Å². The summed E-state index contributed by atoms with van der Waals surface area (Å²) in [5.74, 6) is -0.433. The molecule has 3 aromatic carbocycles. The van der Waals surface area contributed by atoms with Crippen molar-refractivity contribution in [2.75, 3.05) is 18.0 Å². The Labute approximate surface area is 235 Å². The number of carbonyl (C=O) groups excluding carboxylic acids is 2. The van der Waals surface area contributed by atoms with Gasteiger partial charge in [0.2, 0.25) is 11.8 Å². The molecule has 0 aromatic heterocycles. The molecule has 0 unspecified atom stereocenters. The third-order valence-corrected chi connectivity index (χ3v) is 8.43. The van der Waals surface area contributed by atoms with E-state index in [9.17, 15) is 18.0 Å². The van der Waals surface area contributed by atoms with Crippen LogP contribution in [0, 0.1) is 0 Å². The maximum Gasteiger partial charge on any atom is 0.264 e. The highest BCUT2D eigenvalue weighted by molar-refractivity contribution is 7.92. The normalized spacial score (nSPS) is 12.7. The van der Waals surface area contributed by atoms with Gasteiger partial charge in [-0.15, -0.1) is 0 Å². The van der Waals surface area contributed by atoms with E-state index < -0.39 is 28.5 Å². The number of rotatable bonds is 12. The quantitative estimate of drug-likeness (QED) is 0.334. The molecule has 3 aromatic rings. The number of sulfonamides is 1. The van der Waals surface area contributed by atoms with Crippen molar-refractivity contribution in [3.63, 3.8) is 0 Å². The number of hydrogen-bond acceptors (Lipinski definition) is 5. The summed E-state index contributed by atoms with van der Waals surface area (Å²) in [7, 11) is -2.66. The molecular formula is C29H34ClN3O5S. The Morgan fingerprint density at radius 2 is 1.64 bits per heavy atom. The third-order valence-electron chi connectivity index (χ3n) is 6.39. The summed E-state index contributed by atoms with van der Waals surface area (Å²) in [5, 5.41) is 3.45. The third kappa shape index (κ3) is 7.74. The van der Waals surface area contributed by atoms with Gasteiger partial charge in [-0.1, -0.05) is 54.9 Å². The summed E-state index contributed by atoms with van der Waals surface area (Å²) in [6.45, 7) is 5.02. The van der Waals surface area contributed by atoms with Gasteiger partial charge in [0.25, 0.3) is 10.0 Å². The van der Waals surface area contributed by atoms with E-state index in [4.69, 9.17) is 16.3 Å². The Bertz CT molecular complexity index is 1370. The number of hydrogen-bond donors (Lipinski definition) is 1. The van der Waals surface area contributed by atoms with E-state index >= 15 is 0 Å². The smallest absolute Gasteiger partial charge is 0.264 e. The molecule has 0 bridgehead atoms. The molecule has 0 aliphatic carbocycles. The van der Waals surface area contributed by atoms with Crippen molar-refractivity contribution in [3.05, 3.63) is 89.4 Å². The number of halogens is 1. The molecule has 0 aliphatic heterocycles. The fourth-order valence-corrected chi connectivity index (χ4v) is 5.40. The first kappa shape index (κ1) is 30.0. The fourth-order valence-electron chi connectivity index (χ4n) is 3.85. The van der Waals surface area contributed by atoms with Gasteiger partial charge >= 0.3 is 0 Å². The van der Waals surface area contributed by atoms with Gasteiger partial charge in [-0.25, -0.2) is 8.42 Å². The Morgan fingerprint density at radius 1 is 0.974 bits per heavy atom. The summed E-state index contributed by atoms with van der Waals surface area (Å²) in [5.41, 5.74) is 1.00. The first-order valence-corrected chi connectivity index (χ1v) is 14.4. The lowest BCUT2D eigenvalue weighted by atomic mass is 10.1. The molecule has 0 saturated carbocycles. The highest BCUT2D eigenvalue weighted by Crippen LogP contribution is 2.27. The Morgan fingerprint density at radius 3 is 2.26 bits per heavy atom. The highest BCUT2D eigenvalue weighted by atomic mass is 35.5. The number of amides is 2. The van der Waals surface area contributed by atoms with Gasteiger partial charge in [-0.3, -0.25) is 13.9 Å². The fraction of sp³-hybridized carbons (Fsp3) is 0.310. The lowest BCUT2D eigenvalue weighted by Gasteiger charge is -2.32. The molecule has 208 valence electrons. The number of ether oxygens (including phenoxy) is 1. The number of methoxy groups -OCH3 is 1. The topological polar surface area (TPSA) is 96.0 Å². The molecule has 10 heteroatoms. The van der Waals surface area contributed by atoms with Gasteiger partial charge in [0, 0.05) is 23.7 Å². The van der Waals surface area contributed by atoms with Crippen LogP contribution in [0.5, 0.6) is 5.75 Å². The molecule has 0 fully saturated rings. The van der Waals surface area contributed by atoms with Gasteiger partial charge in [-0.05, 0) is 62.2 Å². The van der Waals surface area contributed by atoms with Gasteiger partial charge < -0.3 is 15.0 Å². The average molecular weight is 572 g/mol. The van der Waals surface area contributed by atoms with Crippen molar-refractivity contribution < 1.29 is 22.7 Å². The standard InChI is InChI=1S/C29H34ClN3O5S/c1-5-21(2)31-29(35)22(3)32(19-23-14-16-24(30)17-15-23)28(34)20-33(25-10-9-11-26(18-25)38-4)39(36,37)27-12-7-6-8-13-27/h6-18,21-22H,5,19-20H2,1-4H3,(H,31,35)/t21-,22+/m0/s1. The van der Waals surface area contributed by atoms with Gasteiger partial charge in [0.05, 0.1) is 17.7 Å². The second kappa shape index (κ2) is 13.5. The minimum absolute atomic E-state index is 0.0347. The van der Waals surface area contributed by atoms with Crippen molar-refractivity contribution in [2.45, 2.75) is 50.7 Å². The zero-order valence-corrected chi connectivity index (χ0v) is 24.1. The van der Waals surface area contributed by atoms with Crippen molar-refractivity contribution in [1.82, 2.24) is 10.2 Å². The molecular weight excluding hydrogens is 538 g/mol. The van der Waals surface area contributed by atoms with Crippen molar-refractivity contribution in [2.24, 2.45) is 0 Å². The maximum absolute atomic E-state index is 13.9. The molecule has 2 amide bonds. The number of benzene rings is 3. The summed E-state index contributed by atoms with van der Waals surface area (Å²) >= 11 is 6.04. The van der Waals surface area contributed by atoms with Crippen LogP contribution in [0.3, 0.4) is 0 Å². The Kier molecular flexibility index (Phi) is 10.4. The van der Waals surface area contributed by atoms with E-state index in [1.54, 1.807) is 73.7 Å². The minimum Gasteiger partial charge on any atom is -0.497 e. The average Bonchev–Trinajstić information content (AvgIpc) is 2.95. The SMILES string of the molecule is CC[C@H](C)NC(=O)[C@@H](C)N(Cc1ccc(Cl)cc1)C(=O)CN(c1cccc(OC)c1)S(=O)(=O)c1ccccc1. The van der Waals surface area contributed by atoms with Crippen LogP contribution in [-0.4, -0.2) is 50.9 Å². The molecule has 2 atom stereocenters. The van der Waals surface area contributed by atoms with Gasteiger partial charge in [0.15, 0.2) is 0 Å². The zero-order chi connectivity index (χ0) is 28.6. The molecule has 0 heterocycles. The van der Waals surface area contributed by atoms with E-state index in [0.717, 1.165) is 16.3 Å². The molecule has 3 rings (SSSR count). The molecule has 0 saturated heterocycles. The Hall–Kier alpha value is -3.56. The molecule has 0 spiro atoms. The molecule has 1 N–H and O–H groups in total. The highest BCUT2D eigenvalue weighted by Gasteiger charge is 2.32. The summed E-state index contributed by atoms with van der Waals surface area (Å²) < 4.78 is 33.9. The first-order chi connectivity index (χ1) is 18.6. The van der Waals surface area contributed by atoms with E-state index in [2.05, 4.69) is 5.32 Å². The monoisotopic (exact) mass is 571 g/mol. The van der Waals surface area contributed by atoms with E-state index in [1.165, 1.54) is 24.1 Å². The number of anilines is 1. The van der Waals surface area contributed by atoms with Crippen LogP contribution in [-0.2, 0) is 26.2 Å². The predicted molar refractivity (Wildman–Crippen MR) is 153 cm³/mol. The number of nitrogens with one attached hydrogen (secondary N) is 1. The second-order valence-corrected chi connectivity index (χ2v) is 11.5. The van der Waals surface area contributed by atoms with Gasteiger partial charge in [0.1, 0.15) is 18.3 Å². The largest absolute Gasteiger partial charge is 0.497 e. The summed E-state index contributed by atoms with van der Waals surface area (Å²) in [6, 6.07) is 20.4. The van der Waals surface area contributed by atoms with Crippen LogP contribution < -0.4 is 14.4 Å². The molecule has 8 nitrogen and oxygen atoms in total. The van der Waals surface area contributed by atoms with Crippen LogP contribution in [0.1, 0.15) is 32.8 Å². The van der Waals surface area contributed by atoms with Crippen LogP contribution >= 0.6 is 11.6 Å². The Balaban J connectivity index is 2.02. The second-order valence-electron chi connectivity index (χ2n) is 9.17. The zero-order valence-electron chi connectivity index (χ0n) is 22.5. The first-order valence-electron chi connectivity index (χ1n) is 12.6. The summed E-state index contributed by atoms with van der Waals surface area (Å²) in [4.78, 5) is 28.4. The number of carbonyl (C=O) groups is 2. The predicted octanol–water partition coefficient (Wildman–Crippen LogP) is 4.88. The van der Waals surface area contributed by atoms with Gasteiger partial charge in [-0.2, -0.15) is 0 Å². The van der Waals surface area contributed by atoms with Crippen LogP contribution in [0.4, 0.5) is 5.69 Å². The molecule has 39 heavy (non-hydrogen) atoms. The van der Waals surface area contributed by atoms with E-state index in [0.29, 0.717) is 10.8 Å². The number of nitrogens with zero attached hydrogens (tertiary/aromatic N) is 2. The van der Waals surface area contributed by atoms with Crippen molar-refractivity contribution in [3.8, 4) is 5.75 Å². The lowest BCUT2D eigenvalue weighted by Crippen LogP contribution is -2.52. The van der Waals surface area contributed by atoms with Crippen LogP contribution in [0.15, 0.2) is 83.8 Å². The van der Waals surface area contributed by atoms with E-state index in [-0.39, 0.29) is 29.1 Å². The van der Waals surface area contributed by atoms with Crippen molar-refractivity contribution in [1.29, 1.82) is 0 Å². The van der Waals surface area contributed by atoms with E-state index in [1.807, 2.05) is 13.8 Å². The maximum atomic E-state index is 13.9.